The average Bonchev–Trinajstić information content (AvgIpc) is 2.63. The first-order valence-electron chi connectivity index (χ1n) is 8.67. The lowest BCUT2D eigenvalue weighted by atomic mass is 10.0. The summed E-state index contributed by atoms with van der Waals surface area (Å²) in [7, 11) is -0.107. The Hall–Kier alpha value is -2.14. The molecule has 0 aliphatic carbocycles. The maximum Gasteiger partial charge on any atom is 0.335 e. The number of nitrogens with one attached hydrogen (secondary N) is 1. The van der Waals surface area contributed by atoms with Crippen molar-refractivity contribution in [3.63, 3.8) is 0 Å². The molecular formula is C20H26N2O2S. The molecule has 2 rings (SSSR count). The van der Waals surface area contributed by atoms with Crippen molar-refractivity contribution in [3.05, 3.63) is 42.2 Å². The van der Waals surface area contributed by atoms with Gasteiger partial charge in [0, 0.05) is 35.1 Å². The Morgan fingerprint density at radius 3 is 2.56 bits per heavy atom. The molecule has 1 aromatic heterocycles. The van der Waals surface area contributed by atoms with E-state index in [-0.39, 0.29) is 10.5 Å². The van der Waals surface area contributed by atoms with Crippen molar-refractivity contribution in [2.24, 2.45) is 0 Å². The molecule has 2 aromatic rings. The number of unbranched alkanes of at least 4 members (excludes halogenated alkanes) is 1. The Balaban J connectivity index is 2.71. The van der Waals surface area contributed by atoms with Crippen LogP contribution in [0.15, 0.2) is 41.6 Å². The maximum absolute atomic E-state index is 11.6. The number of rotatable bonds is 8. The second kappa shape index (κ2) is 9.37. The first kappa shape index (κ1) is 19.2. The van der Waals surface area contributed by atoms with Crippen molar-refractivity contribution in [2.45, 2.75) is 38.5 Å². The second-order valence-corrected chi connectivity index (χ2v) is 8.02. The van der Waals surface area contributed by atoms with E-state index in [4.69, 9.17) is 0 Å². The van der Waals surface area contributed by atoms with Crippen LogP contribution in [-0.4, -0.2) is 33.7 Å². The highest BCUT2D eigenvalue weighted by Gasteiger charge is 2.17. The minimum absolute atomic E-state index is 0.107. The van der Waals surface area contributed by atoms with Crippen LogP contribution in [0.2, 0.25) is 0 Å². The molecule has 0 fully saturated rings. The van der Waals surface area contributed by atoms with Gasteiger partial charge >= 0.3 is 5.97 Å². The van der Waals surface area contributed by atoms with E-state index in [0.717, 1.165) is 46.8 Å². The van der Waals surface area contributed by atoms with Gasteiger partial charge in [0.05, 0.1) is 5.56 Å². The SMILES string of the molecule is C/C=S(\CC)c1cc(C(=O)O)cc(NCCCC)c1-c1ccncc1. The van der Waals surface area contributed by atoms with Gasteiger partial charge in [0.25, 0.3) is 0 Å². The van der Waals surface area contributed by atoms with Gasteiger partial charge in [0.2, 0.25) is 0 Å². The summed E-state index contributed by atoms with van der Waals surface area (Å²) in [5.41, 5.74) is 3.38. The molecule has 0 saturated carbocycles. The fourth-order valence-electron chi connectivity index (χ4n) is 2.75. The van der Waals surface area contributed by atoms with Gasteiger partial charge in [-0.1, -0.05) is 25.6 Å². The lowest BCUT2D eigenvalue weighted by Gasteiger charge is -2.20. The van der Waals surface area contributed by atoms with Crippen LogP contribution in [0.25, 0.3) is 11.1 Å². The molecule has 0 bridgehead atoms. The van der Waals surface area contributed by atoms with Crippen LogP contribution < -0.4 is 5.32 Å². The van der Waals surface area contributed by atoms with E-state index in [0.29, 0.717) is 5.56 Å². The summed E-state index contributed by atoms with van der Waals surface area (Å²) in [5.74, 6) is 0.0586. The van der Waals surface area contributed by atoms with E-state index in [2.05, 4.69) is 29.5 Å². The fraction of sp³-hybridized carbons (Fsp3) is 0.350. The predicted molar refractivity (Wildman–Crippen MR) is 108 cm³/mol. The normalized spacial score (nSPS) is 12.1. The topological polar surface area (TPSA) is 62.2 Å². The number of hydrogen-bond donors (Lipinski definition) is 2. The van der Waals surface area contributed by atoms with E-state index in [1.54, 1.807) is 18.5 Å². The van der Waals surface area contributed by atoms with Crippen LogP contribution in [0.4, 0.5) is 5.69 Å². The largest absolute Gasteiger partial charge is 0.478 e. The third-order valence-electron chi connectivity index (χ3n) is 4.04. The molecule has 5 heteroatoms. The number of carboxylic acids is 1. The number of benzene rings is 1. The first-order valence-corrected chi connectivity index (χ1v) is 10.1. The van der Waals surface area contributed by atoms with Gasteiger partial charge in [-0.25, -0.2) is 4.79 Å². The first-order chi connectivity index (χ1) is 12.1. The van der Waals surface area contributed by atoms with Crippen LogP contribution >= 0.6 is 10.5 Å². The summed E-state index contributed by atoms with van der Waals surface area (Å²) < 4.78 is 0. The number of anilines is 1. The van der Waals surface area contributed by atoms with Crippen molar-refractivity contribution in [1.29, 1.82) is 0 Å². The standard InChI is InChI=1S/C20H26N2O2S/c1-4-7-10-22-17-13-16(20(23)24)14-18(25(5-2)6-3)19(17)15-8-11-21-12-9-15/h5,8-9,11-14,22H,4,6-7,10H2,1-3H3,(H,23,24). The highest BCUT2D eigenvalue weighted by molar-refractivity contribution is 8.15. The molecule has 2 N–H and O–H groups in total. The maximum atomic E-state index is 11.6. The van der Waals surface area contributed by atoms with Crippen LogP contribution in [-0.2, 0) is 0 Å². The number of carbonyl (C=O) groups is 1. The third kappa shape index (κ3) is 4.69. The summed E-state index contributed by atoms with van der Waals surface area (Å²) >= 11 is 0. The number of nitrogens with zero attached hydrogens (tertiary/aromatic N) is 1. The van der Waals surface area contributed by atoms with E-state index < -0.39 is 5.97 Å². The highest BCUT2D eigenvalue weighted by Crippen LogP contribution is 2.41. The summed E-state index contributed by atoms with van der Waals surface area (Å²) in [6.45, 7) is 7.15. The molecule has 134 valence electrons. The Morgan fingerprint density at radius 1 is 1.28 bits per heavy atom. The lowest BCUT2D eigenvalue weighted by molar-refractivity contribution is 0.0696. The molecule has 0 radical (unpaired) electrons. The van der Waals surface area contributed by atoms with Gasteiger partial charge in [0.1, 0.15) is 0 Å². The fourth-order valence-corrected chi connectivity index (χ4v) is 4.42. The molecule has 0 amide bonds. The molecule has 0 aliphatic rings. The van der Waals surface area contributed by atoms with Crippen LogP contribution in [0, 0.1) is 0 Å². The third-order valence-corrected chi connectivity index (χ3v) is 6.12. The minimum atomic E-state index is -0.892. The number of hydrogen-bond acceptors (Lipinski definition) is 3. The Morgan fingerprint density at radius 2 is 2.00 bits per heavy atom. The zero-order valence-corrected chi connectivity index (χ0v) is 15.9. The number of aromatic nitrogens is 1. The molecule has 0 spiro atoms. The molecule has 1 aromatic carbocycles. The molecule has 1 atom stereocenters. The highest BCUT2D eigenvalue weighted by atomic mass is 32.2. The number of aromatic carboxylic acids is 1. The molecule has 1 unspecified atom stereocenters. The van der Waals surface area contributed by atoms with Gasteiger partial charge < -0.3 is 10.4 Å². The Labute approximate surface area is 152 Å². The molecule has 25 heavy (non-hydrogen) atoms. The van der Waals surface area contributed by atoms with Crippen molar-refractivity contribution in [2.75, 3.05) is 17.6 Å². The predicted octanol–water partition coefficient (Wildman–Crippen LogP) is 5.13. The summed E-state index contributed by atoms with van der Waals surface area (Å²) in [5, 5.41) is 15.2. The molecule has 4 nitrogen and oxygen atoms in total. The van der Waals surface area contributed by atoms with Crippen molar-refractivity contribution in [1.82, 2.24) is 4.98 Å². The van der Waals surface area contributed by atoms with E-state index in [1.165, 1.54) is 0 Å². The van der Waals surface area contributed by atoms with Crippen molar-refractivity contribution in [3.8, 4) is 11.1 Å². The van der Waals surface area contributed by atoms with E-state index >= 15 is 0 Å². The van der Waals surface area contributed by atoms with Gasteiger partial charge in [-0.2, -0.15) is 10.5 Å². The van der Waals surface area contributed by atoms with Gasteiger partial charge in [0.15, 0.2) is 0 Å². The summed E-state index contributed by atoms with van der Waals surface area (Å²) in [6.07, 6.45) is 5.69. The number of carboxylic acid groups (broad SMARTS) is 1. The minimum Gasteiger partial charge on any atom is -0.478 e. The Bertz CT molecular complexity index is 758. The Kier molecular flexibility index (Phi) is 7.19. The van der Waals surface area contributed by atoms with Crippen LogP contribution in [0.3, 0.4) is 0 Å². The lowest BCUT2D eigenvalue weighted by Crippen LogP contribution is -2.07. The van der Waals surface area contributed by atoms with E-state index in [9.17, 15) is 9.90 Å². The molecule has 0 aliphatic heterocycles. The van der Waals surface area contributed by atoms with Crippen LogP contribution in [0.1, 0.15) is 44.0 Å². The van der Waals surface area contributed by atoms with Gasteiger partial charge in [-0.05, 0) is 48.9 Å². The number of pyridine rings is 1. The molecule has 1 heterocycles. The molecule has 0 saturated heterocycles. The van der Waals surface area contributed by atoms with Gasteiger partial charge in [-0.3, -0.25) is 4.98 Å². The molecular weight excluding hydrogens is 332 g/mol. The summed E-state index contributed by atoms with van der Waals surface area (Å²) in [6, 6.07) is 7.55. The van der Waals surface area contributed by atoms with Crippen molar-refractivity contribution >= 4 is 27.5 Å². The van der Waals surface area contributed by atoms with Crippen molar-refractivity contribution < 1.29 is 9.90 Å². The quantitative estimate of drug-likeness (QED) is 0.507. The average molecular weight is 359 g/mol. The monoisotopic (exact) mass is 358 g/mol. The zero-order valence-electron chi connectivity index (χ0n) is 15.1. The zero-order chi connectivity index (χ0) is 18.2. The second-order valence-electron chi connectivity index (χ2n) is 5.67. The van der Waals surface area contributed by atoms with Gasteiger partial charge in [-0.15, -0.1) is 0 Å². The van der Waals surface area contributed by atoms with Crippen LogP contribution in [0.5, 0.6) is 0 Å². The smallest absolute Gasteiger partial charge is 0.335 e. The van der Waals surface area contributed by atoms with E-state index in [1.807, 2.05) is 25.1 Å². The summed E-state index contributed by atoms with van der Waals surface area (Å²) in [4.78, 5) is 16.8.